The minimum absolute atomic E-state index is 0.204. The van der Waals surface area contributed by atoms with Crippen LogP contribution >= 0.6 is 0 Å². The third-order valence-corrected chi connectivity index (χ3v) is 2.75. The summed E-state index contributed by atoms with van der Waals surface area (Å²) in [6.45, 7) is 4.24. The molecule has 98 valence electrons. The minimum atomic E-state index is -0.811. The molecule has 2 N–H and O–H groups in total. The van der Waals surface area contributed by atoms with Crippen molar-refractivity contribution in [2.75, 3.05) is 13.6 Å². The summed E-state index contributed by atoms with van der Waals surface area (Å²) >= 11 is 0. The van der Waals surface area contributed by atoms with Crippen LogP contribution in [-0.4, -0.2) is 24.4 Å². The molecule has 0 spiro atoms. The van der Waals surface area contributed by atoms with Crippen LogP contribution in [0.25, 0.3) is 0 Å². The lowest BCUT2D eigenvalue weighted by atomic mass is 10.1. The Morgan fingerprint density at radius 2 is 2.33 bits per heavy atom. The number of carbonyl (C=O) groups excluding carboxylic acids is 1. The van der Waals surface area contributed by atoms with Gasteiger partial charge in [-0.05, 0) is 30.5 Å². The highest BCUT2D eigenvalue weighted by atomic mass is 19.1. The van der Waals surface area contributed by atoms with E-state index in [9.17, 15) is 9.18 Å². The molecule has 0 bridgehead atoms. The Balaban J connectivity index is 2.62. The fourth-order valence-electron chi connectivity index (χ4n) is 1.66. The molecule has 0 saturated heterocycles. The Bertz CT molecular complexity index is 420. The van der Waals surface area contributed by atoms with Crippen LogP contribution < -0.4 is 5.73 Å². The molecule has 3 nitrogen and oxygen atoms in total. The molecule has 0 aliphatic rings. The third-order valence-electron chi connectivity index (χ3n) is 2.75. The average Bonchev–Trinajstić information content (AvgIpc) is 2.37. The predicted molar refractivity (Wildman–Crippen MR) is 70.4 cm³/mol. The molecule has 0 radical (unpaired) electrons. The summed E-state index contributed by atoms with van der Waals surface area (Å²) < 4.78 is 13.0. The molecular formula is C14H19FN2O. The first-order chi connectivity index (χ1) is 8.56. The maximum absolute atomic E-state index is 13.0. The number of benzene rings is 1. The fourth-order valence-corrected chi connectivity index (χ4v) is 1.66. The highest BCUT2D eigenvalue weighted by Crippen LogP contribution is 2.14. The summed E-state index contributed by atoms with van der Waals surface area (Å²) in [7, 11) is 1.70. The van der Waals surface area contributed by atoms with Gasteiger partial charge in [0.2, 0.25) is 5.91 Å². The number of amides is 1. The van der Waals surface area contributed by atoms with Crippen LogP contribution in [0.3, 0.4) is 0 Å². The second kappa shape index (κ2) is 6.91. The topological polar surface area (TPSA) is 46.3 Å². The van der Waals surface area contributed by atoms with Crippen LogP contribution in [-0.2, 0) is 4.79 Å². The van der Waals surface area contributed by atoms with Gasteiger partial charge in [0.15, 0.2) is 0 Å². The number of hydrogen-bond acceptors (Lipinski definition) is 2. The molecule has 1 unspecified atom stereocenters. The molecule has 0 aliphatic carbocycles. The minimum Gasteiger partial charge on any atom is -0.344 e. The van der Waals surface area contributed by atoms with Crippen molar-refractivity contribution in [2.45, 2.75) is 18.9 Å². The van der Waals surface area contributed by atoms with Crippen LogP contribution in [0.2, 0.25) is 0 Å². The Morgan fingerprint density at radius 3 is 2.94 bits per heavy atom. The zero-order valence-electron chi connectivity index (χ0n) is 10.6. The van der Waals surface area contributed by atoms with Gasteiger partial charge in [0.05, 0.1) is 0 Å². The normalized spacial score (nSPS) is 11.9. The predicted octanol–water partition coefficient (Wildman–Crippen LogP) is 2.25. The zero-order valence-corrected chi connectivity index (χ0v) is 10.6. The van der Waals surface area contributed by atoms with Gasteiger partial charge in [-0.3, -0.25) is 4.79 Å². The van der Waals surface area contributed by atoms with Crippen molar-refractivity contribution < 1.29 is 9.18 Å². The van der Waals surface area contributed by atoms with Gasteiger partial charge >= 0.3 is 0 Å². The summed E-state index contributed by atoms with van der Waals surface area (Å²) in [5.74, 6) is -0.588. The van der Waals surface area contributed by atoms with Crippen LogP contribution in [0, 0.1) is 5.82 Å². The summed E-state index contributed by atoms with van der Waals surface area (Å²) in [6.07, 6.45) is 3.51. The van der Waals surface area contributed by atoms with E-state index in [0.717, 1.165) is 12.8 Å². The SMILES string of the molecule is C=CCCCN(C)C(=O)C(N)c1cccc(F)c1. The maximum atomic E-state index is 13.0. The van der Waals surface area contributed by atoms with Gasteiger partial charge in [0, 0.05) is 13.6 Å². The van der Waals surface area contributed by atoms with E-state index < -0.39 is 6.04 Å². The Labute approximate surface area is 107 Å². The van der Waals surface area contributed by atoms with E-state index in [1.807, 2.05) is 6.08 Å². The quantitative estimate of drug-likeness (QED) is 0.621. The Morgan fingerprint density at radius 1 is 1.61 bits per heavy atom. The van der Waals surface area contributed by atoms with E-state index in [-0.39, 0.29) is 11.7 Å². The van der Waals surface area contributed by atoms with E-state index in [4.69, 9.17) is 5.73 Å². The maximum Gasteiger partial charge on any atom is 0.243 e. The van der Waals surface area contributed by atoms with Crippen molar-refractivity contribution in [1.82, 2.24) is 4.90 Å². The summed E-state index contributed by atoms with van der Waals surface area (Å²) in [5, 5.41) is 0. The number of allylic oxidation sites excluding steroid dienone is 1. The molecule has 18 heavy (non-hydrogen) atoms. The number of rotatable bonds is 6. The molecule has 0 aliphatic heterocycles. The van der Waals surface area contributed by atoms with E-state index in [1.165, 1.54) is 12.1 Å². The molecular weight excluding hydrogens is 231 g/mol. The van der Waals surface area contributed by atoms with Crippen LogP contribution in [0.15, 0.2) is 36.9 Å². The van der Waals surface area contributed by atoms with Crippen molar-refractivity contribution in [3.8, 4) is 0 Å². The molecule has 1 atom stereocenters. The Kier molecular flexibility index (Phi) is 5.52. The lowest BCUT2D eigenvalue weighted by Crippen LogP contribution is -2.36. The Hall–Kier alpha value is -1.68. The van der Waals surface area contributed by atoms with E-state index in [2.05, 4.69) is 6.58 Å². The number of likely N-dealkylation sites (N-methyl/N-ethyl adjacent to an activating group) is 1. The second-order valence-corrected chi connectivity index (χ2v) is 4.22. The fraction of sp³-hybridized carbons (Fsp3) is 0.357. The molecule has 0 fully saturated rings. The van der Waals surface area contributed by atoms with Crippen LogP contribution in [0.1, 0.15) is 24.4 Å². The van der Waals surface area contributed by atoms with E-state index >= 15 is 0 Å². The smallest absolute Gasteiger partial charge is 0.243 e. The van der Waals surface area contributed by atoms with E-state index in [1.54, 1.807) is 24.1 Å². The van der Waals surface area contributed by atoms with Gasteiger partial charge in [-0.15, -0.1) is 6.58 Å². The standard InChI is InChI=1S/C14H19FN2O/c1-3-4-5-9-17(2)14(18)13(16)11-7-6-8-12(15)10-11/h3,6-8,10,13H,1,4-5,9,16H2,2H3. The highest BCUT2D eigenvalue weighted by Gasteiger charge is 2.19. The average molecular weight is 250 g/mol. The number of nitrogens with zero attached hydrogens (tertiary/aromatic N) is 1. The number of nitrogens with two attached hydrogens (primary N) is 1. The van der Waals surface area contributed by atoms with Gasteiger partial charge in [0.25, 0.3) is 0 Å². The number of unbranched alkanes of at least 4 members (excludes halogenated alkanes) is 1. The van der Waals surface area contributed by atoms with Crippen LogP contribution in [0.5, 0.6) is 0 Å². The van der Waals surface area contributed by atoms with Crippen molar-refractivity contribution >= 4 is 5.91 Å². The molecule has 1 amide bonds. The number of halogens is 1. The van der Waals surface area contributed by atoms with Gasteiger partial charge in [0.1, 0.15) is 11.9 Å². The number of hydrogen-bond donors (Lipinski definition) is 1. The molecule has 1 aromatic carbocycles. The molecule has 1 aromatic rings. The third kappa shape index (κ3) is 3.96. The first-order valence-corrected chi connectivity index (χ1v) is 5.93. The summed E-state index contributed by atoms with van der Waals surface area (Å²) in [6, 6.07) is 5.02. The van der Waals surface area contributed by atoms with Gasteiger partial charge in [-0.2, -0.15) is 0 Å². The lowest BCUT2D eigenvalue weighted by Gasteiger charge is -2.21. The molecule has 0 aromatic heterocycles. The summed E-state index contributed by atoms with van der Waals surface area (Å²) in [5.41, 5.74) is 6.33. The van der Waals surface area contributed by atoms with Gasteiger partial charge in [-0.1, -0.05) is 18.2 Å². The van der Waals surface area contributed by atoms with E-state index in [0.29, 0.717) is 12.1 Å². The van der Waals surface area contributed by atoms with Gasteiger partial charge < -0.3 is 10.6 Å². The second-order valence-electron chi connectivity index (χ2n) is 4.22. The number of carbonyl (C=O) groups is 1. The molecule has 0 saturated carbocycles. The molecule has 0 heterocycles. The van der Waals surface area contributed by atoms with Crippen molar-refractivity contribution in [3.63, 3.8) is 0 Å². The van der Waals surface area contributed by atoms with Crippen LogP contribution in [0.4, 0.5) is 4.39 Å². The molecule has 4 heteroatoms. The molecule has 1 rings (SSSR count). The monoisotopic (exact) mass is 250 g/mol. The van der Waals surface area contributed by atoms with Gasteiger partial charge in [-0.25, -0.2) is 4.39 Å². The first kappa shape index (κ1) is 14.4. The first-order valence-electron chi connectivity index (χ1n) is 5.93. The largest absolute Gasteiger partial charge is 0.344 e. The summed E-state index contributed by atoms with van der Waals surface area (Å²) in [4.78, 5) is 13.6. The van der Waals surface area contributed by atoms with Crippen molar-refractivity contribution in [1.29, 1.82) is 0 Å². The van der Waals surface area contributed by atoms with Crippen molar-refractivity contribution in [3.05, 3.63) is 48.3 Å². The highest BCUT2D eigenvalue weighted by molar-refractivity contribution is 5.82. The zero-order chi connectivity index (χ0) is 13.5. The lowest BCUT2D eigenvalue weighted by molar-refractivity contribution is -0.131. The van der Waals surface area contributed by atoms with Crippen molar-refractivity contribution in [2.24, 2.45) is 5.73 Å².